The highest BCUT2D eigenvalue weighted by molar-refractivity contribution is 6.40. The minimum atomic E-state index is -0.581. The highest BCUT2D eigenvalue weighted by Gasteiger charge is 2.10. The molecule has 0 saturated carbocycles. The van der Waals surface area contributed by atoms with E-state index in [1.807, 2.05) is 0 Å². The van der Waals surface area contributed by atoms with E-state index in [-0.39, 0.29) is 6.42 Å². The maximum absolute atomic E-state index is 11.2. The van der Waals surface area contributed by atoms with Gasteiger partial charge < -0.3 is 10.1 Å². The lowest BCUT2D eigenvalue weighted by molar-refractivity contribution is -0.134. The number of amides is 1. The van der Waals surface area contributed by atoms with Gasteiger partial charge in [-0.05, 0) is 24.3 Å². The molecule has 1 aromatic rings. The van der Waals surface area contributed by atoms with E-state index in [1.54, 1.807) is 38.3 Å². The maximum Gasteiger partial charge on any atom is 0.291 e. The minimum absolute atomic E-state index is 0.210. The normalized spacial score (nSPS) is 9.47. The van der Waals surface area contributed by atoms with Crippen molar-refractivity contribution in [1.82, 2.24) is 0 Å². The number of hydrogen-bond acceptors (Lipinski definition) is 3. The smallest absolute Gasteiger partial charge is 0.291 e. The fourth-order valence-corrected chi connectivity index (χ4v) is 1.04. The summed E-state index contributed by atoms with van der Waals surface area (Å²) in [5.41, 5.74) is 0.586. The number of nitrogens with one attached hydrogen (secondary N) is 1. The molecular weight excluding hydrogens is 194 g/mol. The third-order valence-corrected chi connectivity index (χ3v) is 1.92. The van der Waals surface area contributed by atoms with Gasteiger partial charge in [0.1, 0.15) is 5.75 Å². The largest absolute Gasteiger partial charge is 0.497 e. The van der Waals surface area contributed by atoms with Crippen LogP contribution in [0.15, 0.2) is 24.3 Å². The molecule has 0 aliphatic rings. The van der Waals surface area contributed by atoms with Crippen LogP contribution in [0.4, 0.5) is 5.69 Å². The van der Waals surface area contributed by atoms with Gasteiger partial charge in [0.15, 0.2) is 0 Å². The van der Waals surface area contributed by atoms with Gasteiger partial charge in [-0.2, -0.15) is 0 Å². The Morgan fingerprint density at radius 3 is 2.33 bits per heavy atom. The van der Waals surface area contributed by atoms with Gasteiger partial charge in [0.25, 0.3) is 5.91 Å². The van der Waals surface area contributed by atoms with Crippen LogP contribution < -0.4 is 10.1 Å². The van der Waals surface area contributed by atoms with Crippen molar-refractivity contribution >= 4 is 17.4 Å². The van der Waals surface area contributed by atoms with Crippen LogP contribution in [0.2, 0.25) is 0 Å². The number of ether oxygens (including phenoxy) is 1. The summed E-state index contributed by atoms with van der Waals surface area (Å²) < 4.78 is 4.96. The number of carbonyl (C=O) groups excluding carboxylic acids is 2. The third kappa shape index (κ3) is 3.09. The van der Waals surface area contributed by atoms with Crippen LogP contribution in [0, 0.1) is 0 Å². The molecule has 80 valence electrons. The molecule has 0 unspecified atom stereocenters. The summed E-state index contributed by atoms with van der Waals surface area (Å²) in [5, 5.41) is 2.50. The summed E-state index contributed by atoms with van der Waals surface area (Å²) in [6, 6.07) is 6.79. The van der Waals surface area contributed by atoms with Gasteiger partial charge >= 0.3 is 0 Å². The number of rotatable bonds is 4. The van der Waals surface area contributed by atoms with Crippen molar-refractivity contribution in [1.29, 1.82) is 0 Å². The zero-order valence-corrected chi connectivity index (χ0v) is 8.74. The van der Waals surface area contributed by atoms with Crippen molar-refractivity contribution in [3.8, 4) is 5.75 Å². The van der Waals surface area contributed by atoms with Crippen LogP contribution in [-0.4, -0.2) is 18.8 Å². The maximum atomic E-state index is 11.2. The van der Waals surface area contributed by atoms with Gasteiger partial charge in [-0.15, -0.1) is 0 Å². The van der Waals surface area contributed by atoms with Crippen molar-refractivity contribution in [2.45, 2.75) is 13.3 Å². The lowest BCUT2D eigenvalue weighted by atomic mass is 10.2. The molecule has 0 spiro atoms. The van der Waals surface area contributed by atoms with Crippen LogP contribution in [0.1, 0.15) is 13.3 Å². The molecule has 1 rings (SSSR count). The second-order valence-corrected chi connectivity index (χ2v) is 2.96. The predicted molar refractivity (Wildman–Crippen MR) is 56.9 cm³/mol. The van der Waals surface area contributed by atoms with Gasteiger partial charge in [0.05, 0.1) is 7.11 Å². The molecule has 0 heterocycles. The third-order valence-electron chi connectivity index (χ3n) is 1.92. The number of anilines is 1. The van der Waals surface area contributed by atoms with Gasteiger partial charge in [-0.3, -0.25) is 9.59 Å². The molecule has 0 bridgehead atoms. The van der Waals surface area contributed by atoms with E-state index >= 15 is 0 Å². The quantitative estimate of drug-likeness (QED) is 0.763. The van der Waals surface area contributed by atoms with Crippen molar-refractivity contribution in [2.24, 2.45) is 0 Å². The number of methoxy groups -OCH3 is 1. The molecule has 0 atom stereocenters. The van der Waals surface area contributed by atoms with Gasteiger partial charge in [-0.25, -0.2) is 0 Å². The molecule has 0 radical (unpaired) electrons. The van der Waals surface area contributed by atoms with Crippen LogP contribution in [0.3, 0.4) is 0 Å². The molecule has 15 heavy (non-hydrogen) atoms. The molecule has 1 aromatic carbocycles. The number of benzene rings is 1. The molecule has 0 aliphatic carbocycles. The first-order chi connectivity index (χ1) is 7.17. The standard InChI is InChI=1S/C11H13NO3/c1-3-10(13)11(14)12-8-4-6-9(15-2)7-5-8/h4-7H,3H2,1-2H3,(H,12,14). The Kier molecular flexibility index (Phi) is 3.85. The molecule has 0 fully saturated rings. The van der Waals surface area contributed by atoms with Crippen LogP contribution in [0.25, 0.3) is 0 Å². The van der Waals surface area contributed by atoms with Gasteiger partial charge in [0, 0.05) is 12.1 Å². The number of ketones is 1. The highest BCUT2D eigenvalue weighted by Crippen LogP contribution is 2.14. The summed E-state index contributed by atoms with van der Waals surface area (Å²) in [6.45, 7) is 1.65. The van der Waals surface area contributed by atoms with E-state index < -0.39 is 11.7 Å². The Hall–Kier alpha value is -1.84. The van der Waals surface area contributed by atoms with Crippen LogP contribution in [0.5, 0.6) is 5.75 Å². The first-order valence-corrected chi connectivity index (χ1v) is 4.65. The Morgan fingerprint density at radius 1 is 1.27 bits per heavy atom. The van der Waals surface area contributed by atoms with Crippen molar-refractivity contribution in [2.75, 3.05) is 12.4 Å². The number of hydrogen-bond donors (Lipinski definition) is 1. The Morgan fingerprint density at radius 2 is 1.87 bits per heavy atom. The molecular formula is C11H13NO3. The van der Waals surface area contributed by atoms with Gasteiger partial charge in [-0.1, -0.05) is 6.92 Å². The molecule has 1 amide bonds. The summed E-state index contributed by atoms with van der Waals surface area (Å²) in [6.07, 6.45) is 0.210. The molecule has 4 heteroatoms. The number of carbonyl (C=O) groups is 2. The first-order valence-electron chi connectivity index (χ1n) is 4.65. The minimum Gasteiger partial charge on any atom is -0.497 e. The lowest BCUT2D eigenvalue weighted by Gasteiger charge is -2.04. The molecule has 1 N–H and O–H groups in total. The molecule has 0 aromatic heterocycles. The van der Waals surface area contributed by atoms with E-state index in [1.165, 1.54) is 0 Å². The Labute approximate surface area is 88.2 Å². The molecule has 0 aliphatic heterocycles. The number of Topliss-reactive ketones (excluding diaryl/α,β-unsaturated/α-hetero) is 1. The zero-order valence-electron chi connectivity index (χ0n) is 8.74. The summed E-state index contributed by atoms with van der Waals surface area (Å²) in [4.78, 5) is 22.2. The fourth-order valence-electron chi connectivity index (χ4n) is 1.04. The van der Waals surface area contributed by atoms with E-state index in [0.717, 1.165) is 0 Å². The van der Waals surface area contributed by atoms with E-state index in [0.29, 0.717) is 11.4 Å². The topological polar surface area (TPSA) is 55.4 Å². The molecule has 4 nitrogen and oxygen atoms in total. The first kappa shape index (κ1) is 11.2. The van der Waals surface area contributed by atoms with Crippen molar-refractivity contribution in [3.05, 3.63) is 24.3 Å². The average Bonchev–Trinajstić information content (AvgIpc) is 2.29. The van der Waals surface area contributed by atoms with Crippen molar-refractivity contribution in [3.63, 3.8) is 0 Å². The van der Waals surface area contributed by atoms with E-state index in [4.69, 9.17) is 4.74 Å². The van der Waals surface area contributed by atoms with E-state index in [9.17, 15) is 9.59 Å². The Balaban J connectivity index is 2.65. The molecule has 0 saturated heterocycles. The predicted octanol–water partition coefficient (Wildman–Crippen LogP) is 1.61. The highest BCUT2D eigenvalue weighted by atomic mass is 16.5. The average molecular weight is 207 g/mol. The lowest BCUT2D eigenvalue weighted by Crippen LogP contribution is -2.21. The Bertz CT molecular complexity index is 357. The zero-order chi connectivity index (χ0) is 11.3. The second-order valence-electron chi connectivity index (χ2n) is 2.96. The monoisotopic (exact) mass is 207 g/mol. The van der Waals surface area contributed by atoms with E-state index in [2.05, 4.69) is 5.32 Å². The van der Waals surface area contributed by atoms with Gasteiger partial charge in [0.2, 0.25) is 5.78 Å². The van der Waals surface area contributed by atoms with Crippen LogP contribution >= 0.6 is 0 Å². The second kappa shape index (κ2) is 5.14. The SMILES string of the molecule is CCC(=O)C(=O)Nc1ccc(OC)cc1. The fraction of sp³-hybridized carbons (Fsp3) is 0.273. The summed E-state index contributed by atoms with van der Waals surface area (Å²) in [5.74, 6) is -0.302. The summed E-state index contributed by atoms with van der Waals surface area (Å²) >= 11 is 0. The van der Waals surface area contributed by atoms with Crippen molar-refractivity contribution < 1.29 is 14.3 Å². The summed E-state index contributed by atoms with van der Waals surface area (Å²) in [7, 11) is 1.56. The van der Waals surface area contributed by atoms with Crippen LogP contribution in [-0.2, 0) is 9.59 Å².